The van der Waals surface area contributed by atoms with Crippen LogP contribution in [-0.4, -0.2) is 74.8 Å². The number of nitrogens with zero attached hydrogens (tertiary/aromatic N) is 4. The van der Waals surface area contributed by atoms with Crippen molar-refractivity contribution >= 4 is 21.4 Å². The summed E-state index contributed by atoms with van der Waals surface area (Å²) in [4.78, 5) is 10.2. The first-order valence-electron chi connectivity index (χ1n) is 13.8. The average molecular weight is 580 g/mol. The lowest BCUT2D eigenvalue weighted by Crippen LogP contribution is -2.37. The zero-order valence-corrected chi connectivity index (χ0v) is 25.2. The van der Waals surface area contributed by atoms with E-state index in [4.69, 9.17) is 4.74 Å². The van der Waals surface area contributed by atoms with Gasteiger partial charge in [-0.3, -0.25) is 0 Å². The van der Waals surface area contributed by atoms with Gasteiger partial charge in [-0.25, -0.2) is 18.1 Å². The molecule has 10 heteroatoms. The monoisotopic (exact) mass is 579 g/mol. The Hall–Kier alpha value is -2.81. The number of sulfonamides is 1. The summed E-state index contributed by atoms with van der Waals surface area (Å²) < 4.78 is 34.8. The minimum absolute atomic E-state index is 0.0150. The molecule has 2 atom stereocenters. The summed E-state index contributed by atoms with van der Waals surface area (Å²) in [6.07, 6.45) is 4.48. The van der Waals surface area contributed by atoms with Gasteiger partial charge in [-0.2, -0.15) is 5.26 Å². The predicted octanol–water partition coefficient (Wildman–Crippen LogP) is 4.68. The second-order valence-corrected chi connectivity index (χ2v) is 14.0. The number of likely N-dealkylation sites (N-methyl/N-ethyl adjacent to an activating group) is 1. The molecular weight excluding hydrogens is 542 g/mol. The second kappa shape index (κ2) is 12.0. The summed E-state index contributed by atoms with van der Waals surface area (Å²) >= 11 is 1.57. The summed E-state index contributed by atoms with van der Waals surface area (Å²) in [5, 5.41) is 10.4. The second-order valence-electron chi connectivity index (χ2n) is 11.1. The number of likely N-dealkylation sites (tertiary alicyclic amines) is 1. The van der Waals surface area contributed by atoms with Crippen molar-refractivity contribution in [2.24, 2.45) is 0 Å². The molecule has 1 aliphatic carbocycles. The van der Waals surface area contributed by atoms with E-state index in [1.54, 1.807) is 11.3 Å². The Kier molecular flexibility index (Phi) is 8.59. The third-order valence-electron chi connectivity index (χ3n) is 7.73. The van der Waals surface area contributed by atoms with E-state index in [-0.39, 0.29) is 17.9 Å². The van der Waals surface area contributed by atoms with E-state index in [1.807, 2.05) is 50.4 Å². The van der Waals surface area contributed by atoms with Crippen molar-refractivity contribution < 1.29 is 13.2 Å². The number of ether oxygens (including phenoxy) is 1. The van der Waals surface area contributed by atoms with Gasteiger partial charge in [-0.15, -0.1) is 11.3 Å². The van der Waals surface area contributed by atoms with Crippen LogP contribution in [-0.2, 0) is 16.4 Å². The topological polar surface area (TPSA) is 98.6 Å². The SMILES string of the molecule is CC(C)Oc1ccc(-c2ncc(-c3cccc4c3CC[C@@H]4NS(=O)(=O)CCN3CC[C@@H](N(C)C)C3)s2)cc1C#N. The van der Waals surface area contributed by atoms with Gasteiger partial charge in [0.25, 0.3) is 0 Å². The first-order chi connectivity index (χ1) is 19.1. The fourth-order valence-corrected chi connectivity index (χ4v) is 7.87. The van der Waals surface area contributed by atoms with Crippen molar-refractivity contribution in [2.75, 3.05) is 39.5 Å². The van der Waals surface area contributed by atoms with Gasteiger partial charge < -0.3 is 14.5 Å². The highest BCUT2D eigenvalue weighted by molar-refractivity contribution is 7.89. The number of fused-ring (bicyclic) bond motifs is 1. The fraction of sp³-hybridized carbons (Fsp3) is 0.467. The molecule has 0 radical (unpaired) electrons. The quantitative estimate of drug-likeness (QED) is 0.372. The summed E-state index contributed by atoms with van der Waals surface area (Å²) in [6.45, 7) is 6.29. The number of nitrogens with one attached hydrogen (secondary N) is 1. The van der Waals surface area contributed by atoms with Gasteiger partial charge in [0, 0.05) is 36.9 Å². The fourth-order valence-electron chi connectivity index (χ4n) is 5.61. The van der Waals surface area contributed by atoms with Gasteiger partial charge in [0.1, 0.15) is 16.8 Å². The smallest absolute Gasteiger partial charge is 0.213 e. The molecule has 0 bridgehead atoms. The van der Waals surface area contributed by atoms with E-state index in [9.17, 15) is 13.7 Å². The first-order valence-corrected chi connectivity index (χ1v) is 16.3. The molecule has 3 aromatic rings. The molecule has 0 spiro atoms. The summed E-state index contributed by atoms with van der Waals surface area (Å²) in [5.74, 6) is 0.688. The van der Waals surface area contributed by atoms with Crippen LogP contribution in [0.1, 0.15) is 49.4 Å². The lowest BCUT2D eigenvalue weighted by molar-refractivity contribution is 0.242. The van der Waals surface area contributed by atoms with Gasteiger partial charge >= 0.3 is 0 Å². The van der Waals surface area contributed by atoms with Crippen molar-refractivity contribution in [1.82, 2.24) is 19.5 Å². The Morgan fingerprint density at radius 3 is 2.80 bits per heavy atom. The van der Waals surface area contributed by atoms with Crippen LogP contribution in [0.15, 0.2) is 42.6 Å². The predicted molar refractivity (Wildman–Crippen MR) is 160 cm³/mol. The molecule has 0 amide bonds. The molecule has 1 aromatic heterocycles. The lowest BCUT2D eigenvalue weighted by atomic mass is 10.0. The van der Waals surface area contributed by atoms with Gasteiger partial charge in [-0.1, -0.05) is 18.2 Å². The summed E-state index contributed by atoms with van der Waals surface area (Å²) in [5.41, 5.74) is 4.68. The molecule has 1 aliphatic heterocycles. The van der Waals surface area contributed by atoms with E-state index >= 15 is 0 Å². The average Bonchev–Trinajstić information content (AvgIpc) is 3.68. The number of hydrogen-bond acceptors (Lipinski definition) is 8. The van der Waals surface area contributed by atoms with E-state index in [0.717, 1.165) is 58.9 Å². The Morgan fingerprint density at radius 1 is 1.25 bits per heavy atom. The maximum absolute atomic E-state index is 13.0. The Balaban J connectivity index is 1.29. The van der Waals surface area contributed by atoms with Gasteiger partial charge in [0.15, 0.2) is 0 Å². The normalized spacial score (nSPS) is 19.3. The van der Waals surface area contributed by atoms with Crippen molar-refractivity contribution in [3.63, 3.8) is 0 Å². The van der Waals surface area contributed by atoms with Gasteiger partial charge in [0.2, 0.25) is 10.0 Å². The van der Waals surface area contributed by atoms with E-state index in [0.29, 0.717) is 23.9 Å². The maximum atomic E-state index is 13.0. The molecule has 8 nitrogen and oxygen atoms in total. The van der Waals surface area contributed by atoms with Crippen molar-refractivity contribution in [1.29, 1.82) is 5.26 Å². The van der Waals surface area contributed by atoms with Crippen LogP contribution in [0.25, 0.3) is 21.0 Å². The molecule has 1 fully saturated rings. The molecule has 212 valence electrons. The molecule has 2 heterocycles. The Bertz CT molecular complexity index is 1510. The number of hydrogen-bond donors (Lipinski definition) is 1. The third kappa shape index (κ3) is 6.40. The number of thiazole rings is 1. The molecule has 0 unspecified atom stereocenters. The van der Waals surface area contributed by atoms with Crippen LogP contribution in [0, 0.1) is 11.3 Å². The maximum Gasteiger partial charge on any atom is 0.213 e. The Morgan fingerprint density at radius 2 is 2.08 bits per heavy atom. The van der Waals surface area contributed by atoms with Crippen molar-refractivity contribution in [3.05, 3.63) is 59.3 Å². The van der Waals surface area contributed by atoms with Crippen LogP contribution >= 0.6 is 11.3 Å². The largest absolute Gasteiger partial charge is 0.490 e. The van der Waals surface area contributed by atoms with E-state index in [2.05, 4.69) is 45.7 Å². The highest BCUT2D eigenvalue weighted by Gasteiger charge is 2.30. The minimum Gasteiger partial charge on any atom is -0.490 e. The molecule has 2 aromatic carbocycles. The molecule has 0 saturated carbocycles. The standard InChI is InChI=1S/C30H37N5O3S2/c1-20(2)38-28-11-8-21(16-22(28)17-31)30-32-18-29(39-30)26-7-5-6-25-24(26)9-10-27(25)33-40(36,37)15-14-35-13-12-23(19-35)34(3)4/h5-8,11,16,18,20,23,27,33H,9-10,12-15,19H2,1-4H3/t23-,27+/m1/s1. The van der Waals surface area contributed by atoms with Crippen molar-refractivity contribution in [2.45, 2.75) is 51.3 Å². The van der Waals surface area contributed by atoms with Crippen LogP contribution in [0.2, 0.25) is 0 Å². The molecule has 5 rings (SSSR count). The number of rotatable bonds is 10. The lowest BCUT2D eigenvalue weighted by Gasteiger charge is -2.21. The summed E-state index contributed by atoms with van der Waals surface area (Å²) in [7, 11) is 0.748. The van der Waals surface area contributed by atoms with Gasteiger partial charge in [-0.05, 0) is 88.6 Å². The van der Waals surface area contributed by atoms with E-state index < -0.39 is 10.0 Å². The molecule has 1 saturated heterocycles. The number of nitriles is 1. The minimum atomic E-state index is -3.41. The zero-order valence-electron chi connectivity index (χ0n) is 23.6. The number of benzene rings is 2. The van der Waals surface area contributed by atoms with Crippen molar-refractivity contribution in [3.8, 4) is 32.8 Å². The highest BCUT2D eigenvalue weighted by atomic mass is 32.2. The van der Waals surface area contributed by atoms with Crippen LogP contribution in [0.5, 0.6) is 5.75 Å². The van der Waals surface area contributed by atoms with E-state index in [1.165, 1.54) is 5.56 Å². The highest BCUT2D eigenvalue weighted by Crippen LogP contribution is 2.41. The van der Waals surface area contributed by atoms with Crippen LogP contribution in [0.3, 0.4) is 0 Å². The summed E-state index contributed by atoms with van der Waals surface area (Å²) in [6, 6.07) is 14.2. The first kappa shape index (κ1) is 28.7. The molecule has 1 N–H and O–H groups in total. The Labute approximate surface area is 241 Å². The molecule has 40 heavy (non-hydrogen) atoms. The number of aromatic nitrogens is 1. The van der Waals surface area contributed by atoms with Gasteiger partial charge in [0.05, 0.1) is 22.3 Å². The van der Waals surface area contributed by atoms with Crippen LogP contribution < -0.4 is 9.46 Å². The molecule has 2 aliphatic rings. The zero-order chi connectivity index (χ0) is 28.4. The van der Waals surface area contributed by atoms with Crippen LogP contribution in [0.4, 0.5) is 0 Å². The molecular formula is C30H37N5O3S2. The third-order valence-corrected chi connectivity index (χ3v) is 10.2.